The lowest BCUT2D eigenvalue weighted by Gasteiger charge is -2.15. The number of hydrogen-bond acceptors (Lipinski definition) is 4. The maximum atomic E-state index is 11.7. The monoisotopic (exact) mass is 261 g/mol. The van der Waals surface area contributed by atoms with E-state index in [2.05, 4.69) is 10.5 Å². The predicted molar refractivity (Wildman–Crippen MR) is 67.9 cm³/mol. The van der Waals surface area contributed by atoms with Crippen LogP contribution in [0.2, 0.25) is 0 Å². The van der Waals surface area contributed by atoms with E-state index in [9.17, 15) is 4.79 Å². The van der Waals surface area contributed by atoms with Crippen molar-refractivity contribution in [2.24, 2.45) is 11.7 Å². The van der Waals surface area contributed by atoms with E-state index in [1.807, 2.05) is 27.7 Å². The fraction of sp³-hybridized carbons (Fsp3) is 0.636. The van der Waals surface area contributed by atoms with Crippen LogP contribution in [0.25, 0.3) is 0 Å². The minimum atomic E-state index is -0.194. The Kier molecular flexibility index (Phi) is 6.20. The molecule has 0 aliphatic rings. The third-order valence-corrected chi connectivity index (χ3v) is 2.82. The summed E-state index contributed by atoms with van der Waals surface area (Å²) >= 11 is 0. The van der Waals surface area contributed by atoms with Crippen molar-refractivity contribution in [3.63, 3.8) is 0 Å². The van der Waals surface area contributed by atoms with Crippen LogP contribution < -0.4 is 11.1 Å². The van der Waals surface area contributed by atoms with Crippen LogP contribution >= 0.6 is 12.4 Å². The average Bonchev–Trinajstić information content (AvgIpc) is 2.54. The number of nitrogens with zero attached hydrogens (tertiary/aromatic N) is 1. The van der Waals surface area contributed by atoms with Gasteiger partial charge in [-0.3, -0.25) is 4.79 Å². The van der Waals surface area contributed by atoms with Gasteiger partial charge in [-0.2, -0.15) is 0 Å². The molecule has 1 aromatic rings. The summed E-state index contributed by atoms with van der Waals surface area (Å²) in [6.07, 6.45) is 0. The van der Waals surface area contributed by atoms with Crippen LogP contribution in [0.5, 0.6) is 0 Å². The van der Waals surface area contributed by atoms with Gasteiger partial charge in [0.05, 0.1) is 5.69 Å². The molecule has 2 unspecified atom stereocenters. The van der Waals surface area contributed by atoms with Gasteiger partial charge in [0.15, 0.2) is 0 Å². The molecule has 0 aliphatic heterocycles. The number of aryl methyl sites for hydroxylation is 2. The summed E-state index contributed by atoms with van der Waals surface area (Å²) in [6, 6.07) is -0.148. The van der Waals surface area contributed by atoms with Gasteiger partial charge in [0.25, 0.3) is 0 Å². The Balaban J connectivity index is 0.00000256. The first-order valence-electron chi connectivity index (χ1n) is 5.38. The van der Waals surface area contributed by atoms with E-state index in [4.69, 9.17) is 10.3 Å². The summed E-state index contributed by atoms with van der Waals surface area (Å²) in [6.45, 7) is 7.76. The fourth-order valence-electron chi connectivity index (χ4n) is 1.33. The lowest BCUT2D eigenvalue weighted by Crippen LogP contribution is -2.38. The van der Waals surface area contributed by atoms with Crippen molar-refractivity contribution >= 4 is 18.3 Å². The van der Waals surface area contributed by atoms with Crippen molar-refractivity contribution in [1.29, 1.82) is 0 Å². The Labute approximate surface area is 108 Å². The highest BCUT2D eigenvalue weighted by atomic mass is 35.5. The average molecular weight is 262 g/mol. The molecule has 98 valence electrons. The molecular weight excluding hydrogens is 242 g/mol. The summed E-state index contributed by atoms with van der Waals surface area (Å²) in [5.41, 5.74) is 7.40. The van der Waals surface area contributed by atoms with Crippen LogP contribution in [0.15, 0.2) is 4.52 Å². The summed E-state index contributed by atoms with van der Waals surface area (Å²) in [4.78, 5) is 11.7. The number of nitrogens with two attached hydrogens (primary N) is 1. The molecule has 5 nitrogen and oxygen atoms in total. The Morgan fingerprint density at radius 2 is 2.06 bits per heavy atom. The molecule has 0 fully saturated rings. The van der Waals surface area contributed by atoms with Crippen molar-refractivity contribution in [1.82, 2.24) is 10.5 Å². The topological polar surface area (TPSA) is 81.2 Å². The quantitative estimate of drug-likeness (QED) is 0.856. The molecular formula is C11H20ClN3O2. The number of halogens is 1. The summed E-state index contributed by atoms with van der Waals surface area (Å²) in [5.74, 6) is 0.502. The fourth-order valence-corrected chi connectivity index (χ4v) is 1.33. The Hall–Kier alpha value is -1.07. The van der Waals surface area contributed by atoms with E-state index >= 15 is 0 Å². The third kappa shape index (κ3) is 4.02. The maximum Gasteiger partial charge on any atom is 0.224 e. The van der Waals surface area contributed by atoms with Crippen molar-refractivity contribution < 1.29 is 9.32 Å². The Morgan fingerprint density at radius 3 is 2.47 bits per heavy atom. The predicted octanol–water partition coefficient (Wildman–Crippen LogP) is 1.31. The van der Waals surface area contributed by atoms with Gasteiger partial charge in [0.2, 0.25) is 5.91 Å². The standard InChI is InChI=1S/C11H19N3O2.ClH/c1-6(7(2)12)11(15)13-5-10-8(3)14-16-9(10)4;/h6-7H,5,12H2,1-4H3,(H,13,15);1H. The van der Waals surface area contributed by atoms with Crippen molar-refractivity contribution in [2.45, 2.75) is 40.3 Å². The SMILES string of the molecule is Cc1noc(C)c1CNC(=O)C(C)C(C)N.Cl. The zero-order valence-electron chi connectivity index (χ0n) is 10.6. The highest BCUT2D eigenvalue weighted by molar-refractivity contribution is 5.85. The lowest BCUT2D eigenvalue weighted by atomic mass is 10.0. The minimum absolute atomic E-state index is 0. The van der Waals surface area contributed by atoms with E-state index in [0.29, 0.717) is 6.54 Å². The maximum absolute atomic E-state index is 11.7. The molecule has 1 rings (SSSR count). The van der Waals surface area contributed by atoms with Crippen molar-refractivity contribution in [3.8, 4) is 0 Å². The van der Waals surface area contributed by atoms with Gasteiger partial charge in [-0.25, -0.2) is 0 Å². The Bertz CT molecular complexity index is 357. The summed E-state index contributed by atoms with van der Waals surface area (Å²) in [5, 5.41) is 6.65. The third-order valence-electron chi connectivity index (χ3n) is 2.82. The number of rotatable bonds is 4. The minimum Gasteiger partial charge on any atom is -0.361 e. The molecule has 0 spiro atoms. The molecule has 1 amide bonds. The van der Waals surface area contributed by atoms with Crippen molar-refractivity contribution in [3.05, 3.63) is 17.0 Å². The zero-order chi connectivity index (χ0) is 12.3. The van der Waals surface area contributed by atoms with Crippen molar-refractivity contribution in [2.75, 3.05) is 0 Å². The van der Waals surface area contributed by atoms with Gasteiger partial charge in [-0.15, -0.1) is 12.4 Å². The first-order valence-corrected chi connectivity index (χ1v) is 5.38. The van der Waals surface area contributed by atoms with Crippen LogP contribution in [0, 0.1) is 19.8 Å². The van der Waals surface area contributed by atoms with Crippen LogP contribution in [-0.2, 0) is 11.3 Å². The van der Waals surface area contributed by atoms with E-state index in [1.54, 1.807) is 0 Å². The molecule has 0 aliphatic carbocycles. The first kappa shape index (κ1) is 15.9. The number of carbonyl (C=O) groups is 1. The Morgan fingerprint density at radius 1 is 1.47 bits per heavy atom. The van der Waals surface area contributed by atoms with E-state index in [0.717, 1.165) is 17.0 Å². The van der Waals surface area contributed by atoms with Gasteiger partial charge in [0.1, 0.15) is 5.76 Å². The van der Waals surface area contributed by atoms with Crippen LogP contribution in [0.4, 0.5) is 0 Å². The molecule has 0 saturated heterocycles. The number of amides is 1. The molecule has 1 aromatic heterocycles. The van der Waals surface area contributed by atoms with Crippen LogP contribution in [0.1, 0.15) is 30.9 Å². The summed E-state index contributed by atoms with van der Waals surface area (Å²) < 4.78 is 5.01. The van der Waals surface area contributed by atoms with Gasteiger partial charge < -0.3 is 15.6 Å². The molecule has 0 saturated carbocycles. The number of aromatic nitrogens is 1. The largest absolute Gasteiger partial charge is 0.361 e. The highest BCUT2D eigenvalue weighted by Gasteiger charge is 2.17. The summed E-state index contributed by atoms with van der Waals surface area (Å²) in [7, 11) is 0. The molecule has 0 radical (unpaired) electrons. The van der Waals surface area contributed by atoms with Gasteiger partial charge in [0, 0.05) is 24.1 Å². The smallest absolute Gasteiger partial charge is 0.224 e. The van der Waals surface area contributed by atoms with Gasteiger partial charge >= 0.3 is 0 Å². The second-order valence-electron chi connectivity index (χ2n) is 4.17. The molecule has 3 N–H and O–H groups in total. The first-order chi connectivity index (χ1) is 7.43. The normalized spacial score (nSPS) is 13.7. The van der Waals surface area contributed by atoms with Gasteiger partial charge in [-0.1, -0.05) is 12.1 Å². The number of nitrogens with one attached hydrogen (secondary N) is 1. The number of carbonyl (C=O) groups excluding carboxylic acids is 1. The molecule has 2 atom stereocenters. The highest BCUT2D eigenvalue weighted by Crippen LogP contribution is 2.11. The van der Waals surface area contributed by atoms with E-state index in [1.165, 1.54) is 0 Å². The second-order valence-corrected chi connectivity index (χ2v) is 4.17. The molecule has 17 heavy (non-hydrogen) atoms. The molecule has 1 heterocycles. The molecule has 6 heteroatoms. The lowest BCUT2D eigenvalue weighted by molar-refractivity contribution is -0.125. The van der Waals surface area contributed by atoms with E-state index < -0.39 is 0 Å². The van der Waals surface area contributed by atoms with Gasteiger partial charge in [-0.05, 0) is 20.8 Å². The van der Waals surface area contributed by atoms with Crippen LogP contribution in [-0.4, -0.2) is 17.1 Å². The molecule has 0 aromatic carbocycles. The number of hydrogen-bond donors (Lipinski definition) is 2. The van der Waals surface area contributed by atoms with E-state index in [-0.39, 0.29) is 30.3 Å². The van der Waals surface area contributed by atoms with Crippen LogP contribution in [0.3, 0.4) is 0 Å². The molecule has 0 bridgehead atoms. The second kappa shape index (κ2) is 6.61. The zero-order valence-corrected chi connectivity index (χ0v) is 11.4.